The topological polar surface area (TPSA) is 63.7 Å². The summed E-state index contributed by atoms with van der Waals surface area (Å²) in [5, 5.41) is 1.64. The number of hydrogen-bond donors (Lipinski definition) is 0. The van der Waals surface area contributed by atoms with Gasteiger partial charge in [-0.05, 0) is 43.5 Å². The molecular formula is C27H29NO4. The Morgan fingerprint density at radius 3 is 2.31 bits per heavy atom. The molecule has 0 saturated heterocycles. The highest BCUT2D eigenvalue weighted by atomic mass is 16.4. The quantitative estimate of drug-likeness (QED) is 0.307. The first-order chi connectivity index (χ1) is 15.5. The first-order valence-electron chi connectivity index (χ1n) is 11.4. The Hall–Kier alpha value is -3.34. The summed E-state index contributed by atoms with van der Waals surface area (Å²) in [5.41, 5.74) is 2.93. The molecule has 2 aromatic heterocycles. The van der Waals surface area contributed by atoms with Crippen LogP contribution in [0.25, 0.3) is 33.1 Å². The van der Waals surface area contributed by atoms with E-state index in [-0.39, 0.29) is 0 Å². The lowest BCUT2D eigenvalue weighted by molar-refractivity contribution is 0.555. The largest absolute Gasteiger partial charge is 0.422 e. The summed E-state index contributed by atoms with van der Waals surface area (Å²) >= 11 is 0. The summed E-state index contributed by atoms with van der Waals surface area (Å²) < 4.78 is 11.2. The van der Waals surface area contributed by atoms with E-state index >= 15 is 0 Å². The number of benzene rings is 2. The molecule has 0 aliphatic carbocycles. The third kappa shape index (κ3) is 4.33. The van der Waals surface area contributed by atoms with E-state index < -0.39 is 11.3 Å². The molecule has 0 bridgehead atoms. The van der Waals surface area contributed by atoms with Gasteiger partial charge in [-0.3, -0.25) is 0 Å². The van der Waals surface area contributed by atoms with Crippen LogP contribution in [-0.4, -0.2) is 13.1 Å². The maximum Gasteiger partial charge on any atom is 0.344 e. The minimum Gasteiger partial charge on any atom is -0.422 e. The van der Waals surface area contributed by atoms with Gasteiger partial charge < -0.3 is 13.7 Å². The van der Waals surface area contributed by atoms with Crippen molar-refractivity contribution < 1.29 is 8.83 Å². The summed E-state index contributed by atoms with van der Waals surface area (Å²) in [7, 11) is 0. The molecule has 0 amide bonds. The Morgan fingerprint density at radius 1 is 0.844 bits per heavy atom. The van der Waals surface area contributed by atoms with Crippen LogP contribution in [0.4, 0.5) is 5.69 Å². The Kier molecular flexibility index (Phi) is 6.45. The van der Waals surface area contributed by atoms with Gasteiger partial charge >= 0.3 is 11.3 Å². The van der Waals surface area contributed by atoms with Gasteiger partial charge in [0.05, 0.1) is 5.56 Å². The highest BCUT2D eigenvalue weighted by molar-refractivity contribution is 5.95. The fraction of sp³-hybridized carbons (Fsp3) is 0.333. The van der Waals surface area contributed by atoms with Crippen LogP contribution in [0, 0.1) is 6.92 Å². The highest BCUT2D eigenvalue weighted by Crippen LogP contribution is 2.30. The molecule has 0 spiro atoms. The van der Waals surface area contributed by atoms with Crippen molar-refractivity contribution in [1.29, 1.82) is 0 Å². The molecule has 5 nitrogen and oxygen atoms in total. The van der Waals surface area contributed by atoms with Gasteiger partial charge in [0.1, 0.15) is 11.2 Å². The number of para-hydroxylation sites is 1. The van der Waals surface area contributed by atoms with Gasteiger partial charge in [0.15, 0.2) is 0 Å². The smallest absolute Gasteiger partial charge is 0.344 e. The molecule has 166 valence electrons. The van der Waals surface area contributed by atoms with Crippen LogP contribution in [-0.2, 0) is 0 Å². The van der Waals surface area contributed by atoms with Crippen LogP contribution in [0.5, 0.6) is 0 Å². The van der Waals surface area contributed by atoms with Crippen molar-refractivity contribution in [3.8, 4) is 11.1 Å². The zero-order valence-electron chi connectivity index (χ0n) is 18.9. The van der Waals surface area contributed by atoms with Crippen LogP contribution >= 0.6 is 0 Å². The van der Waals surface area contributed by atoms with E-state index in [1.807, 2.05) is 37.3 Å². The van der Waals surface area contributed by atoms with Crippen LogP contribution in [0.1, 0.15) is 45.1 Å². The number of anilines is 1. The maximum absolute atomic E-state index is 13.0. The second-order valence-corrected chi connectivity index (χ2v) is 8.29. The van der Waals surface area contributed by atoms with Crippen molar-refractivity contribution in [2.75, 3.05) is 18.0 Å². The molecule has 0 atom stereocenters. The summed E-state index contributed by atoms with van der Waals surface area (Å²) in [6.07, 6.45) is 4.51. The summed E-state index contributed by atoms with van der Waals surface area (Å²) in [5.74, 6) is 0. The number of rotatable bonds is 8. The van der Waals surface area contributed by atoms with Gasteiger partial charge in [0.25, 0.3) is 0 Å². The molecule has 0 N–H and O–H groups in total. The zero-order valence-corrected chi connectivity index (χ0v) is 18.9. The van der Waals surface area contributed by atoms with E-state index in [0.717, 1.165) is 60.8 Å². The number of unbranched alkanes of at least 4 members (excludes halogenated alkanes) is 2. The average Bonchev–Trinajstić information content (AvgIpc) is 2.78. The van der Waals surface area contributed by atoms with Crippen molar-refractivity contribution in [3.05, 3.63) is 74.9 Å². The molecular weight excluding hydrogens is 402 g/mol. The highest BCUT2D eigenvalue weighted by Gasteiger charge is 2.15. The van der Waals surface area contributed by atoms with Gasteiger partial charge in [-0.2, -0.15) is 0 Å². The Labute approximate surface area is 187 Å². The van der Waals surface area contributed by atoms with E-state index in [1.54, 1.807) is 6.07 Å². The van der Waals surface area contributed by atoms with E-state index in [4.69, 9.17) is 8.83 Å². The monoisotopic (exact) mass is 431 g/mol. The van der Waals surface area contributed by atoms with Crippen molar-refractivity contribution in [2.45, 2.75) is 46.5 Å². The van der Waals surface area contributed by atoms with Crippen LogP contribution < -0.4 is 16.2 Å². The molecule has 0 saturated carbocycles. The number of fused-ring (bicyclic) bond motifs is 2. The second-order valence-electron chi connectivity index (χ2n) is 8.29. The predicted octanol–water partition coefficient (Wildman–Crippen LogP) is 6.28. The third-order valence-electron chi connectivity index (χ3n) is 5.91. The molecule has 5 heteroatoms. The Bertz CT molecular complexity index is 1360. The molecule has 0 fully saturated rings. The van der Waals surface area contributed by atoms with Crippen LogP contribution in [0.2, 0.25) is 0 Å². The van der Waals surface area contributed by atoms with Crippen molar-refractivity contribution in [2.24, 2.45) is 0 Å². The molecule has 4 rings (SSSR count). The number of aryl methyl sites for hydroxylation is 1. The second kappa shape index (κ2) is 9.43. The van der Waals surface area contributed by atoms with E-state index in [2.05, 4.69) is 24.8 Å². The van der Waals surface area contributed by atoms with Gasteiger partial charge in [0.2, 0.25) is 0 Å². The average molecular weight is 432 g/mol. The van der Waals surface area contributed by atoms with Crippen molar-refractivity contribution >= 4 is 27.6 Å². The first-order valence-corrected chi connectivity index (χ1v) is 11.4. The molecule has 4 aromatic rings. The molecule has 0 aliphatic rings. The molecule has 0 aliphatic heterocycles. The van der Waals surface area contributed by atoms with E-state index in [1.165, 1.54) is 6.07 Å². The molecule has 2 heterocycles. The first kappa shape index (κ1) is 21.9. The minimum atomic E-state index is -0.444. The van der Waals surface area contributed by atoms with E-state index in [0.29, 0.717) is 22.3 Å². The summed E-state index contributed by atoms with van der Waals surface area (Å²) in [4.78, 5) is 27.3. The minimum absolute atomic E-state index is 0.387. The Morgan fingerprint density at radius 2 is 1.59 bits per heavy atom. The number of nitrogens with zero attached hydrogens (tertiary/aromatic N) is 1. The van der Waals surface area contributed by atoms with Crippen molar-refractivity contribution in [3.63, 3.8) is 0 Å². The fourth-order valence-electron chi connectivity index (χ4n) is 4.11. The molecule has 0 radical (unpaired) electrons. The zero-order chi connectivity index (χ0) is 22.7. The van der Waals surface area contributed by atoms with Gasteiger partial charge in [-0.15, -0.1) is 0 Å². The predicted molar refractivity (Wildman–Crippen MR) is 131 cm³/mol. The lowest BCUT2D eigenvalue weighted by Crippen LogP contribution is -2.25. The van der Waals surface area contributed by atoms with Crippen LogP contribution in [0.15, 0.2) is 67.0 Å². The number of hydrogen-bond acceptors (Lipinski definition) is 5. The Balaban J connectivity index is 1.81. The normalized spacial score (nSPS) is 11.3. The third-order valence-corrected chi connectivity index (χ3v) is 5.91. The SMILES string of the molecule is CCCCN(CCCC)c1ccc2cc(-c3cccc4c(C)cc(=O)oc34)c(=O)oc2c1. The van der Waals surface area contributed by atoms with Crippen molar-refractivity contribution in [1.82, 2.24) is 0 Å². The van der Waals surface area contributed by atoms with Gasteiger partial charge in [0, 0.05) is 47.2 Å². The maximum atomic E-state index is 13.0. The van der Waals surface area contributed by atoms with Gasteiger partial charge in [-0.25, -0.2) is 9.59 Å². The van der Waals surface area contributed by atoms with Gasteiger partial charge in [-0.1, -0.05) is 44.9 Å². The summed E-state index contributed by atoms with van der Waals surface area (Å²) in [6.45, 7) is 8.21. The lowest BCUT2D eigenvalue weighted by atomic mass is 10.0. The lowest BCUT2D eigenvalue weighted by Gasteiger charge is -2.24. The fourth-order valence-corrected chi connectivity index (χ4v) is 4.11. The summed E-state index contributed by atoms with van der Waals surface area (Å²) in [6, 6.07) is 14.8. The van der Waals surface area contributed by atoms with Crippen LogP contribution in [0.3, 0.4) is 0 Å². The molecule has 2 aromatic carbocycles. The molecule has 32 heavy (non-hydrogen) atoms. The molecule has 0 unspecified atom stereocenters. The standard InChI is InChI=1S/C27H29NO4/c1-4-6-13-28(14-7-5-2)20-12-11-19-16-23(27(30)31-24(19)17-20)22-10-8-9-21-18(3)15-25(29)32-26(21)22/h8-12,15-17H,4-7,13-14H2,1-3H3. The van der Waals surface area contributed by atoms with E-state index in [9.17, 15) is 9.59 Å².